The van der Waals surface area contributed by atoms with Crippen LogP contribution in [0.3, 0.4) is 0 Å². The first-order valence-corrected chi connectivity index (χ1v) is 18.5. The van der Waals surface area contributed by atoms with E-state index in [4.69, 9.17) is 22.8 Å². The maximum atomic E-state index is 12.4. The fourth-order valence-electron chi connectivity index (χ4n) is 5.16. The Hall–Kier alpha value is -0.673. The van der Waals surface area contributed by atoms with Gasteiger partial charge in [0, 0.05) is 32.4 Å². The first-order chi connectivity index (χ1) is 19.1. The minimum atomic E-state index is -2.67. The zero-order valence-electron chi connectivity index (χ0n) is 26.1. The lowest BCUT2D eigenvalue weighted by Crippen LogP contribution is -2.46. The Balaban J connectivity index is 2.04. The van der Waals surface area contributed by atoms with E-state index in [1.54, 1.807) is 0 Å². The van der Waals surface area contributed by atoms with Gasteiger partial charge in [0.1, 0.15) is 12.2 Å². The van der Waals surface area contributed by atoms with Crippen molar-refractivity contribution < 1.29 is 27.5 Å². The van der Waals surface area contributed by atoms with Crippen LogP contribution < -0.4 is 5.32 Å². The minimum Gasteiger partial charge on any atom is -0.443 e. The third-order valence-corrected chi connectivity index (χ3v) is 10.5. The van der Waals surface area contributed by atoms with Gasteiger partial charge in [0.15, 0.2) is 0 Å². The van der Waals surface area contributed by atoms with E-state index in [0.29, 0.717) is 39.0 Å². The van der Waals surface area contributed by atoms with Crippen LogP contribution in [0.25, 0.3) is 0 Å². The second-order valence-electron chi connectivity index (χ2n) is 10.9. The molecule has 1 aliphatic heterocycles. The van der Waals surface area contributed by atoms with Crippen molar-refractivity contribution in [2.24, 2.45) is 0 Å². The van der Waals surface area contributed by atoms with Gasteiger partial charge in [-0.1, -0.05) is 103 Å². The number of rotatable bonds is 29. The molecule has 1 saturated heterocycles. The number of ether oxygens (including phenoxy) is 2. The molecule has 1 N–H and O–H groups in total. The molecule has 0 saturated carbocycles. The van der Waals surface area contributed by atoms with Gasteiger partial charge in [0.05, 0.1) is 6.61 Å². The summed E-state index contributed by atoms with van der Waals surface area (Å²) in [7, 11) is -2.67. The summed E-state index contributed by atoms with van der Waals surface area (Å²) in [5.41, 5.74) is 0. The highest BCUT2D eigenvalue weighted by atomic mass is 28.4. The number of carbonyl (C=O) groups excluding carboxylic acids is 1. The van der Waals surface area contributed by atoms with Crippen LogP contribution in [-0.2, 0) is 22.8 Å². The van der Waals surface area contributed by atoms with Gasteiger partial charge in [-0.25, -0.2) is 4.79 Å². The number of hydrogen-bond acceptors (Lipinski definition) is 6. The molecule has 0 aromatic heterocycles. The standard InChI is InChI=1S/C31H63NO6Si/c1-5-9-10-11-12-13-14-15-16-17-18-19-20-21-22-23-25-29(30-28-34-30)38-31(33)32-26-24-27-39(35-6-2,36-7-3)37-8-4/h29-30H,5-28H2,1-4H3,(H,32,33). The summed E-state index contributed by atoms with van der Waals surface area (Å²) >= 11 is 0. The van der Waals surface area contributed by atoms with Gasteiger partial charge in [0.25, 0.3) is 0 Å². The molecule has 39 heavy (non-hydrogen) atoms. The molecule has 0 aromatic carbocycles. The van der Waals surface area contributed by atoms with Crippen molar-refractivity contribution in [3.63, 3.8) is 0 Å². The van der Waals surface area contributed by atoms with E-state index in [0.717, 1.165) is 19.3 Å². The molecule has 0 radical (unpaired) electrons. The molecule has 2 unspecified atom stereocenters. The van der Waals surface area contributed by atoms with Crippen LogP contribution in [0.4, 0.5) is 4.79 Å². The van der Waals surface area contributed by atoms with Crippen molar-refractivity contribution in [3.05, 3.63) is 0 Å². The number of alkyl carbamates (subject to hydrolysis) is 1. The Morgan fingerprint density at radius 2 is 1.15 bits per heavy atom. The van der Waals surface area contributed by atoms with E-state index < -0.39 is 8.80 Å². The Morgan fingerprint density at radius 1 is 0.718 bits per heavy atom. The number of unbranched alkanes of at least 4 members (excludes halogenated alkanes) is 15. The van der Waals surface area contributed by atoms with Crippen LogP contribution in [0.1, 0.15) is 143 Å². The zero-order chi connectivity index (χ0) is 28.4. The highest BCUT2D eigenvalue weighted by Gasteiger charge is 2.40. The molecular weight excluding hydrogens is 510 g/mol. The third kappa shape index (κ3) is 19.9. The van der Waals surface area contributed by atoms with E-state index in [9.17, 15) is 4.79 Å². The SMILES string of the molecule is CCCCCCCCCCCCCCCCCCC(OC(=O)NCCC[Si](OCC)(OCC)OCC)C1CO1. The molecule has 1 amide bonds. The fourth-order valence-corrected chi connectivity index (χ4v) is 7.77. The van der Waals surface area contributed by atoms with Crippen LogP contribution in [0.15, 0.2) is 0 Å². The fraction of sp³-hybridized carbons (Fsp3) is 0.968. The summed E-state index contributed by atoms with van der Waals surface area (Å²) in [6.45, 7) is 11.0. The summed E-state index contributed by atoms with van der Waals surface area (Å²) in [6, 6.07) is 0.678. The molecule has 2 atom stereocenters. The van der Waals surface area contributed by atoms with E-state index in [1.165, 1.54) is 96.3 Å². The van der Waals surface area contributed by atoms with Gasteiger partial charge in [0.2, 0.25) is 0 Å². The van der Waals surface area contributed by atoms with Crippen molar-refractivity contribution in [1.82, 2.24) is 5.32 Å². The number of hydrogen-bond donors (Lipinski definition) is 1. The first kappa shape index (κ1) is 36.4. The van der Waals surface area contributed by atoms with Crippen LogP contribution in [0.5, 0.6) is 0 Å². The number of epoxide rings is 1. The zero-order valence-corrected chi connectivity index (χ0v) is 27.1. The topological polar surface area (TPSA) is 78.6 Å². The molecule has 0 bridgehead atoms. The van der Waals surface area contributed by atoms with Crippen LogP contribution in [-0.4, -0.2) is 60.1 Å². The maximum Gasteiger partial charge on any atom is 0.500 e. The van der Waals surface area contributed by atoms with Gasteiger partial charge < -0.3 is 28.1 Å². The second-order valence-corrected chi connectivity index (χ2v) is 13.7. The summed E-state index contributed by atoms with van der Waals surface area (Å²) < 4.78 is 28.8. The molecule has 1 aliphatic rings. The normalized spacial score (nSPS) is 15.8. The van der Waals surface area contributed by atoms with E-state index >= 15 is 0 Å². The Bertz CT molecular complexity index is 546. The summed E-state index contributed by atoms with van der Waals surface area (Å²) in [5, 5.41) is 2.89. The first-order valence-electron chi connectivity index (χ1n) is 16.6. The molecule has 0 spiro atoms. The van der Waals surface area contributed by atoms with Gasteiger partial charge in [-0.05, 0) is 40.0 Å². The lowest BCUT2D eigenvalue weighted by atomic mass is 10.0. The van der Waals surface area contributed by atoms with Gasteiger partial charge in [-0.3, -0.25) is 0 Å². The smallest absolute Gasteiger partial charge is 0.443 e. The minimum absolute atomic E-state index is 0.0704. The highest BCUT2D eigenvalue weighted by molar-refractivity contribution is 6.60. The van der Waals surface area contributed by atoms with E-state index in [2.05, 4.69) is 12.2 Å². The van der Waals surface area contributed by atoms with Gasteiger partial charge in [-0.15, -0.1) is 0 Å². The Morgan fingerprint density at radius 3 is 1.56 bits per heavy atom. The molecule has 1 rings (SSSR count). The number of amides is 1. The highest BCUT2D eigenvalue weighted by Crippen LogP contribution is 2.23. The summed E-state index contributed by atoms with van der Waals surface area (Å²) in [5.74, 6) is 0. The Labute approximate surface area is 242 Å². The predicted molar refractivity (Wildman–Crippen MR) is 162 cm³/mol. The van der Waals surface area contributed by atoms with Crippen molar-refractivity contribution >= 4 is 14.9 Å². The molecule has 0 aliphatic carbocycles. The van der Waals surface area contributed by atoms with E-state index in [1.807, 2.05) is 20.8 Å². The molecule has 8 heteroatoms. The van der Waals surface area contributed by atoms with Crippen molar-refractivity contribution in [2.75, 3.05) is 33.0 Å². The lowest BCUT2D eigenvalue weighted by molar-refractivity contribution is 0.0678. The lowest BCUT2D eigenvalue weighted by Gasteiger charge is -2.28. The third-order valence-electron chi connectivity index (χ3n) is 7.40. The van der Waals surface area contributed by atoms with Crippen molar-refractivity contribution in [3.8, 4) is 0 Å². The molecule has 232 valence electrons. The quantitative estimate of drug-likeness (QED) is 0.0548. The largest absolute Gasteiger partial charge is 0.500 e. The Kier molecular flexibility index (Phi) is 23.4. The average molecular weight is 574 g/mol. The van der Waals surface area contributed by atoms with Gasteiger partial charge in [-0.2, -0.15) is 0 Å². The monoisotopic (exact) mass is 573 g/mol. The van der Waals surface area contributed by atoms with Gasteiger partial charge >= 0.3 is 14.9 Å². The van der Waals surface area contributed by atoms with E-state index in [-0.39, 0.29) is 18.3 Å². The summed E-state index contributed by atoms with van der Waals surface area (Å²) in [6.07, 6.45) is 22.9. The molecular formula is C31H63NO6Si. The molecule has 7 nitrogen and oxygen atoms in total. The summed E-state index contributed by atoms with van der Waals surface area (Å²) in [4.78, 5) is 12.4. The maximum absolute atomic E-state index is 12.4. The van der Waals surface area contributed by atoms with Crippen LogP contribution in [0, 0.1) is 0 Å². The van der Waals surface area contributed by atoms with Crippen molar-refractivity contribution in [1.29, 1.82) is 0 Å². The van der Waals surface area contributed by atoms with Crippen molar-refractivity contribution in [2.45, 2.75) is 162 Å². The van der Waals surface area contributed by atoms with Crippen LogP contribution >= 0.6 is 0 Å². The molecule has 1 fully saturated rings. The predicted octanol–water partition coefficient (Wildman–Crippen LogP) is 8.57. The molecule has 1 heterocycles. The van der Waals surface area contributed by atoms with Crippen LogP contribution in [0.2, 0.25) is 6.04 Å². The number of nitrogens with one attached hydrogen (secondary N) is 1. The number of carbonyl (C=O) groups is 1. The second kappa shape index (κ2) is 25.1. The average Bonchev–Trinajstić information content (AvgIpc) is 3.76. The molecule has 0 aromatic rings.